The van der Waals surface area contributed by atoms with Crippen LogP contribution in [0.2, 0.25) is 5.02 Å². The summed E-state index contributed by atoms with van der Waals surface area (Å²) in [6.45, 7) is 2.85. The highest BCUT2D eigenvalue weighted by atomic mass is 35.5. The van der Waals surface area contributed by atoms with Gasteiger partial charge in [0.25, 0.3) is 5.91 Å². The first-order chi connectivity index (χ1) is 14.6. The molecule has 9 nitrogen and oxygen atoms in total. The highest BCUT2D eigenvalue weighted by molar-refractivity contribution is 6.34. The maximum atomic E-state index is 12.2. The van der Waals surface area contributed by atoms with Crippen molar-refractivity contribution in [2.75, 3.05) is 32.7 Å². The summed E-state index contributed by atoms with van der Waals surface area (Å²) in [4.78, 5) is 34.9. The van der Waals surface area contributed by atoms with Crippen LogP contribution in [0.15, 0.2) is 36.7 Å². The molecule has 3 rings (SSSR count). The summed E-state index contributed by atoms with van der Waals surface area (Å²) in [5, 5.41) is 17.4. The van der Waals surface area contributed by atoms with Crippen molar-refractivity contribution < 1.29 is 32.7 Å². The van der Waals surface area contributed by atoms with Crippen molar-refractivity contribution in [3.63, 3.8) is 0 Å². The van der Waals surface area contributed by atoms with Crippen molar-refractivity contribution in [3.8, 4) is 5.69 Å². The molecule has 1 aliphatic heterocycles. The number of carbonyl (C=O) groups excluding carboxylic acids is 2. The van der Waals surface area contributed by atoms with Crippen molar-refractivity contribution in [2.24, 2.45) is 0 Å². The molecule has 2 amide bonds. The van der Waals surface area contributed by atoms with Crippen LogP contribution in [-0.2, 0) is 9.59 Å². The number of amides is 2. The lowest BCUT2D eigenvalue weighted by Crippen LogP contribution is -2.49. The molecule has 1 aromatic carbocycles. The minimum atomic E-state index is -5.08. The number of halogens is 4. The smallest absolute Gasteiger partial charge is 0.475 e. The zero-order valence-corrected chi connectivity index (χ0v) is 16.8. The van der Waals surface area contributed by atoms with Gasteiger partial charge in [-0.25, -0.2) is 9.48 Å². The third-order valence-electron chi connectivity index (χ3n) is 4.08. The van der Waals surface area contributed by atoms with Crippen molar-refractivity contribution >= 4 is 29.4 Å². The lowest BCUT2D eigenvalue weighted by molar-refractivity contribution is -0.192. The van der Waals surface area contributed by atoms with Crippen molar-refractivity contribution in [1.29, 1.82) is 0 Å². The average molecular weight is 462 g/mol. The summed E-state index contributed by atoms with van der Waals surface area (Å²) in [5.41, 5.74) is 1.10. The van der Waals surface area contributed by atoms with E-state index in [0.717, 1.165) is 18.8 Å². The van der Waals surface area contributed by atoms with Crippen molar-refractivity contribution in [1.82, 2.24) is 25.3 Å². The predicted octanol–water partition coefficient (Wildman–Crippen LogP) is 1.32. The van der Waals surface area contributed by atoms with Crippen LogP contribution in [0.1, 0.15) is 10.4 Å². The molecule has 0 radical (unpaired) electrons. The van der Waals surface area contributed by atoms with Gasteiger partial charge in [-0.05, 0) is 24.3 Å². The Morgan fingerprint density at radius 2 is 1.87 bits per heavy atom. The summed E-state index contributed by atoms with van der Waals surface area (Å²) >= 11 is 6.20. The Morgan fingerprint density at radius 3 is 2.39 bits per heavy atom. The number of aliphatic carboxylic acids is 1. The molecule has 0 spiro atoms. The Hall–Kier alpha value is -3.12. The predicted molar refractivity (Wildman–Crippen MR) is 104 cm³/mol. The topological polar surface area (TPSA) is 117 Å². The molecular weight excluding hydrogens is 443 g/mol. The fraction of sp³-hybridized carbons (Fsp3) is 0.333. The minimum Gasteiger partial charge on any atom is -0.475 e. The number of benzene rings is 1. The van der Waals surface area contributed by atoms with Crippen LogP contribution >= 0.6 is 11.6 Å². The molecule has 13 heteroatoms. The van der Waals surface area contributed by atoms with E-state index >= 15 is 0 Å². The third kappa shape index (κ3) is 7.26. The standard InChI is InChI=1S/C16H18ClN5O2.C2HF3O2/c17-14-10-12(22-7-1-4-20-22)2-3-13(14)16(24)19-11-15(23)21-8-5-18-6-9-21;3-2(4,5)1(6)7/h1-4,7,10,18H,5-6,8-9,11H2,(H,19,24);(H,6,7). The number of rotatable bonds is 4. The quantitative estimate of drug-likeness (QED) is 0.632. The van der Waals surface area contributed by atoms with Gasteiger partial charge in [-0.15, -0.1) is 0 Å². The third-order valence-corrected chi connectivity index (χ3v) is 4.39. The summed E-state index contributed by atoms with van der Waals surface area (Å²) < 4.78 is 33.4. The van der Waals surface area contributed by atoms with Crippen LogP contribution in [-0.4, -0.2) is 76.5 Å². The van der Waals surface area contributed by atoms with E-state index in [1.165, 1.54) is 0 Å². The Morgan fingerprint density at radius 1 is 1.23 bits per heavy atom. The van der Waals surface area contributed by atoms with Gasteiger partial charge in [0.15, 0.2) is 0 Å². The second kappa shape index (κ2) is 10.8. The number of nitrogens with one attached hydrogen (secondary N) is 2. The zero-order chi connectivity index (χ0) is 23.0. The van der Waals surface area contributed by atoms with E-state index in [2.05, 4.69) is 15.7 Å². The molecule has 0 aliphatic carbocycles. The van der Waals surface area contributed by atoms with Gasteiger partial charge >= 0.3 is 12.1 Å². The number of carboxylic acid groups (broad SMARTS) is 1. The van der Waals surface area contributed by atoms with Gasteiger partial charge < -0.3 is 20.6 Å². The molecule has 0 saturated carbocycles. The van der Waals surface area contributed by atoms with Crippen molar-refractivity contribution in [2.45, 2.75) is 6.18 Å². The first-order valence-electron chi connectivity index (χ1n) is 8.96. The minimum absolute atomic E-state index is 0.0317. The van der Waals surface area contributed by atoms with Crippen LogP contribution < -0.4 is 10.6 Å². The van der Waals surface area contributed by atoms with Crippen LogP contribution in [0.3, 0.4) is 0 Å². The molecule has 2 aromatic rings. The number of hydrogen-bond acceptors (Lipinski definition) is 5. The van der Waals surface area contributed by atoms with Gasteiger partial charge in [-0.1, -0.05) is 11.6 Å². The van der Waals surface area contributed by atoms with Gasteiger partial charge in [0.05, 0.1) is 22.8 Å². The number of hydrogen-bond donors (Lipinski definition) is 3. The second-order valence-corrected chi connectivity index (χ2v) is 6.64. The Bertz CT molecular complexity index is 915. The van der Waals surface area contributed by atoms with E-state index < -0.39 is 12.1 Å². The van der Waals surface area contributed by atoms with E-state index in [0.29, 0.717) is 23.7 Å². The highest BCUT2D eigenvalue weighted by Gasteiger charge is 2.38. The first-order valence-corrected chi connectivity index (χ1v) is 9.33. The normalized spacial score (nSPS) is 13.7. The summed E-state index contributed by atoms with van der Waals surface area (Å²) in [5.74, 6) is -3.21. The number of nitrogens with zero attached hydrogens (tertiary/aromatic N) is 3. The summed E-state index contributed by atoms with van der Waals surface area (Å²) in [6, 6.07) is 6.85. The SMILES string of the molecule is O=C(NCC(=O)N1CCNCC1)c1ccc(-n2cccn2)cc1Cl.O=C(O)C(F)(F)F. The van der Waals surface area contributed by atoms with E-state index in [-0.39, 0.29) is 18.4 Å². The average Bonchev–Trinajstić information content (AvgIpc) is 3.27. The molecule has 2 heterocycles. The van der Waals surface area contributed by atoms with Gasteiger partial charge in [-0.3, -0.25) is 9.59 Å². The fourth-order valence-electron chi connectivity index (χ4n) is 2.53. The number of carbonyl (C=O) groups is 3. The lowest BCUT2D eigenvalue weighted by Gasteiger charge is -2.27. The largest absolute Gasteiger partial charge is 0.490 e. The lowest BCUT2D eigenvalue weighted by atomic mass is 10.2. The molecule has 1 saturated heterocycles. The van der Waals surface area contributed by atoms with Crippen LogP contribution in [0.4, 0.5) is 13.2 Å². The molecule has 1 aromatic heterocycles. The second-order valence-electron chi connectivity index (χ2n) is 6.23. The van der Waals surface area contributed by atoms with E-state index in [1.54, 1.807) is 46.2 Å². The maximum Gasteiger partial charge on any atom is 0.490 e. The number of piperazine rings is 1. The molecule has 168 valence electrons. The van der Waals surface area contributed by atoms with Crippen molar-refractivity contribution in [3.05, 3.63) is 47.2 Å². The van der Waals surface area contributed by atoms with Gasteiger partial charge in [-0.2, -0.15) is 18.3 Å². The van der Waals surface area contributed by atoms with Crippen LogP contribution in [0.25, 0.3) is 5.69 Å². The monoisotopic (exact) mass is 461 g/mol. The Labute approximate surface area is 179 Å². The number of aromatic nitrogens is 2. The summed E-state index contributed by atoms with van der Waals surface area (Å²) in [7, 11) is 0. The maximum absolute atomic E-state index is 12.2. The molecular formula is C18H19ClF3N5O4. The first kappa shape index (κ1) is 24.2. The van der Waals surface area contributed by atoms with Crippen LogP contribution in [0, 0.1) is 0 Å². The molecule has 31 heavy (non-hydrogen) atoms. The Kier molecular flexibility index (Phi) is 8.39. The molecule has 3 N–H and O–H groups in total. The fourth-order valence-corrected chi connectivity index (χ4v) is 2.79. The van der Waals surface area contributed by atoms with E-state index in [9.17, 15) is 22.8 Å². The van der Waals surface area contributed by atoms with E-state index in [1.807, 2.05) is 0 Å². The van der Waals surface area contributed by atoms with Gasteiger partial charge in [0, 0.05) is 38.6 Å². The van der Waals surface area contributed by atoms with Crippen LogP contribution in [0.5, 0.6) is 0 Å². The molecule has 0 unspecified atom stereocenters. The van der Waals surface area contributed by atoms with Gasteiger partial charge in [0.2, 0.25) is 5.91 Å². The molecule has 1 fully saturated rings. The molecule has 0 bridgehead atoms. The number of carboxylic acids is 1. The zero-order valence-electron chi connectivity index (χ0n) is 16.0. The van der Waals surface area contributed by atoms with Gasteiger partial charge in [0.1, 0.15) is 0 Å². The number of alkyl halides is 3. The van der Waals surface area contributed by atoms with E-state index in [4.69, 9.17) is 21.5 Å². The molecule has 0 atom stereocenters. The Balaban J connectivity index is 0.000000423. The summed E-state index contributed by atoms with van der Waals surface area (Å²) in [6.07, 6.45) is -1.63. The highest BCUT2D eigenvalue weighted by Crippen LogP contribution is 2.20. The molecule has 1 aliphatic rings.